The average molecular weight is 152 g/mol. The van der Waals surface area contributed by atoms with Gasteiger partial charge in [-0.1, -0.05) is 13.8 Å². The first-order valence-corrected chi connectivity index (χ1v) is 3.76. The Bertz CT molecular complexity index is 276. The van der Waals surface area contributed by atoms with E-state index in [1.807, 2.05) is 4.68 Å². The molecule has 1 heterocycles. The van der Waals surface area contributed by atoms with Crippen molar-refractivity contribution in [2.75, 3.05) is 5.73 Å². The quantitative estimate of drug-likeness (QED) is 0.648. The number of nitrogens with zero attached hydrogens (tertiary/aromatic N) is 3. The molecular formula is C7H12N4. The van der Waals surface area contributed by atoms with Crippen molar-refractivity contribution in [3.63, 3.8) is 0 Å². The fourth-order valence-corrected chi connectivity index (χ4v) is 1.33. The summed E-state index contributed by atoms with van der Waals surface area (Å²) in [4.78, 5) is 3.87. The average Bonchev–Trinajstić information content (AvgIpc) is 2.39. The predicted molar refractivity (Wildman–Crippen MR) is 41.9 cm³/mol. The molecular weight excluding hydrogens is 140 g/mol. The van der Waals surface area contributed by atoms with Crippen LogP contribution in [-0.4, -0.2) is 14.8 Å². The minimum absolute atomic E-state index is 0.368. The molecule has 0 radical (unpaired) electrons. The third kappa shape index (κ3) is 0.982. The van der Waals surface area contributed by atoms with E-state index in [0.29, 0.717) is 17.4 Å². The zero-order chi connectivity index (χ0) is 8.06. The van der Waals surface area contributed by atoms with Gasteiger partial charge in [0, 0.05) is 0 Å². The highest BCUT2D eigenvalue weighted by Crippen LogP contribution is 2.54. The number of rotatable bonds is 1. The Kier molecular flexibility index (Phi) is 1.06. The molecule has 60 valence electrons. The van der Waals surface area contributed by atoms with Gasteiger partial charge in [-0.25, -0.2) is 9.67 Å². The highest BCUT2D eigenvalue weighted by atomic mass is 15.4. The zero-order valence-corrected chi connectivity index (χ0v) is 6.78. The molecule has 1 atom stereocenters. The van der Waals surface area contributed by atoms with E-state index in [9.17, 15) is 0 Å². The minimum Gasteiger partial charge on any atom is -0.367 e. The van der Waals surface area contributed by atoms with Gasteiger partial charge in [-0.05, 0) is 11.8 Å². The van der Waals surface area contributed by atoms with E-state index < -0.39 is 0 Å². The summed E-state index contributed by atoms with van der Waals surface area (Å²) < 4.78 is 1.86. The molecule has 4 nitrogen and oxygen atoms in total. The third-order valence-electron chi connectivity index (χ3n) is 2.31. The second kappa shape index (κ2) is 1.75. The summed E-state index contributed by atoms with van der Waals surface area (Å²) in [5.41, 5.74) is 5.78. The largest absolute Gasteiger partial charge is 0.367 e. The molecule has 0 amide bonds. The van der Waals surface area contributed by atoms with Gasteiger partial charge in [0.1, 0.15) is 6.33 Å². The Labute approximate surface area is 65.4 Å². The second-order valence-electron chi connectivity index (χ2n) is 3.79. The second-order valence-corrected chi connectivity index (χ2v) is 3.79. The van der Waals surface area contributed by atoms with Crippen LogP contribution in [0.25, 0.3) is 0 Å². The lowest BCUT2D eigenvalue weighted by molar-refractivity contribution is 0.505. The van der Waals surface area contributed by atoms with Crippen molar-refractivity contribution in [3.8, 4) is 0 Å². The number of anilines is 1. The van der Waals surface area contributed by atoms with E-state index in [0.717, 1.165) is 0 Å². The Morgan fingerprint density at radius 1 is 1.73 bits per heavy atom. The summed E-state index contributed by atoms with van der Waals surface area (Å²) in [6, 6.07) is 0.507. The molecule has 0 saturated heterocycles. The maximum Gasteiger partial charge on any atom is 0.239 e. The van der Waals surface area contributed by atoms with Gasteiger partial charge in [0.15, 0.2) is 0 Å². The van der Waals surface area contributed by atoms with Gasteiger partial charge in [-0.2, -0.15) is 0 Å². The fourth-order valence-electron chi connectivity index (χ4n) is 1.33. The van der Waals surface area contributed by atoms with E-state index in [-0.39, 0.29) is 0 Å². The summed E-state index contributed by atoms with van der Waals surface area (Å²) in [5.74, 6) is 0.368. The number of hydrogen-bond donors (Lipinski definition) is 1. The molecule has 0 aliphatic heterocycles. The number of nitrogen functional groups attached to an aromatic ring is 1. The van der Waals surface area contributed by atoms with Crippen molar-refractivity contribution in [1.29, 1.82) is 0 Å². The summed E-state index contributed by atoms with van der Waals surface area (Å²) in [6.07, 6.45) is 2.88. The number of aromatic nitrogens is 3. The molecule has 0 spiro atoms. The molecule has 0 bridgehead atoms. The van der Waals surface area contributed by atoms with Crippen LogP contribution in [0.15, 0.2) is 6.33 Å². The zero-order valence-electron chi connectivity index (χ0n) is 6.78. The lowest BCUT2D eigenvalue weighted by Crippen LogP contribution is -2.01. The molecule has 4 heteroatoms. The molecule has 1 aliphatic carbocycles. The van der Waals surface area contributed by atoms with Crippen molar-refractivity contribution in [2.45, 2.75) is 26.3 Å². The summed E-state index contributed by atoms with van der Waals surface area (Å²) in [5, 5.41) is 4.05. The molecule has 1 fully saturated rings. The molecule has 2 rings (SSSR count). The van der Waals surface area contributed by atoms with Crippen LogP contribution < -0.4 is 5.73 Å². The predicted octanol–water partition coefficient (Wildman–Crippen LogP) is 0.831. The number of hydrogen-bond acceptors (Lipinski definition) is 3. The highest BCUT2D eigenvalue weighted by Gasteiger charge is 2.47. The van der Waals surface area contributed by atoms with Crippen molar-refractivity contribution in [1.82, 2.24) is 14.8 Å². The van der Waals surface area contributed by atoms with Crippen LogP contribution in [0.2, 0.25) is 0 Å². The van der Waals surface area contributed by atoms with E-state index in [4.69, 9.17) is 5.73 Å². The standard InChI is InChI=1S/C7H12N4/c1-7(2)3-5(7)11-4-9-6(8)10-11/h4-5H,3H2,1-2H3,(H2,8,10). The van der Waals surface area contributed by atoms with E-state index >= 15 is 0 Å². The summed E-state index contributed by atoms with van der Waals surface area (Å²) in [7, 11) is 0. The maximum absolute atomic E-state index is 5.39. The Morgan fingerprint density at radius 2 is 2.36 bits per heavy atom. The van der Waals surface area contributed by atoms with Crippen LogP contribution in [0.1, 0.15) is 26.3 Å². The van der Waals surface area contributed by atoms with E-state index in [2.05, 4.69) is 23.9 Å². The van der Waals surface area contributed by atoms with E-state index in [1.54, 1.807) is 6.33 Å². The molecule has 2 N–H and O–H groups in total. The first-order chi connectivity index (χ1) is 5.09. The first kappa shape index (κ1) is 6.64. The Morgan fingerprint density at radius 3 is 2.73 bits per heavy atom. The topological polar surface area (TPSA) is 56.7 Å². The van der Waals surface area contributed by atoms with Crippen LogP contribution in [0.3, 0.4) is 0 Å². The molecule has 0 aromatic carbocycles. The van der Waals surface area contributed by atoms with E-state index in [1.165, 1.54) is 6.42 Å². The van der Waals surface area contributed by atoms with Gasteiger partial charge in [0.25, 0.3) is 0 Å². The Hall–Kier alpha value is -1.06. The van der Waals surface area contributed by atoms with Gasteiger partial charge in [0.05, 0.1) is 6.04 Å². The summed E-state index contributed by atoms with van der Waals surface area (Å²) in [6.45, 7) is 4.44. The van der Waals surface area contributed by atoms with Gasteiger partial charge in [0.2, 0.25) is 5.95 Å². The number of nitrogens with two attached hydrogens (primary N) is 1. The summed E-state index contributed by atoms with van der Waals surface area (Å²) >= 11 is 0. The van der Waals surface area contributed by atoms with Gasteiger partial charge in [-0.15, -0.1) is 5.10 Å². The first-order valence-electron chi connectivity index (χ1n) is 3.76. The lowest BCUT2D eigenvalue weighted by Gasteiger charge is -2.00. The SMILES string of the molecule is CC1(C)CC1n1cnc(N)n1. The smallest absolute Gasteiger partial charge is 0.239 e. The van der Waals surface area contributed by atoms with Crippen LogP contribution in [-0.2, 0) is 0 Å². The van der Waals surface area contributed by atoms with Crippen molar-refractivity contribution < 1.29 is 0 Å². The maximum atomic E-state index is 5.39. The molecule has 1 aromatic rings. The monoisotopic (exact) mass is 152 g/mol. The lowest BCUT2D eigenvalue weighted by atomic mass is 10.2. The molecule has 11 heavy (non-hydrogen) atoms. The van der Waals surface area contributed by atoms with Crippen LogP contribution in [0, 0.1) is 5.41 Å². The highest BCUT2D eigenvalue weighted by molar-refractivity contribution is 5.11. The van der Waals surface area contributed by atoms with Gasteiger partial charge in [-0.3, -0.25) is 0 Å². The third-order valence-corrected chi connectivity index (χ3v) is 2.31. The molecule has 1 aliphatic rings. The van der Waals surface area contributed by atoms with Crippen molar-refractivity contribution in [2.24, 2.45) is 5.41 Å². The van der Waals surface area contributed by atoms with Crippen LogP contribution in [0.5, 0.6) is 0 Å². The van der Waals surface area contributed by atoms with Gasteiger partial charge < -0.3 is 5.73 Å². The normalized spacial score (nSPS) is 26.9. The van der Waals surface area contributed by atoms with Crippen LogP contribution >= 0.6 is 0 Å². The molecule has 1 aromatic heterocycles. The van der Waals surface area contributed by atoms with Crippen molar-refractivity contribution in [3.05, 3.63) is 6.33 Å². The van der Waals surface area contributed by atoms with Crippen LogP contribution in [0.4, 0.5) is 5.95 Å². The fraction of sp³-hybridized carbons (Fsp3) is 0.714. The molecule has 1 saturated carbocycles. The van der Waals surface area contributed by atoms with Gasteiger partial charge >= 0.3 is 0 Å². The minimum atomic E-state index is 0.368. The molecule has 1 unspecified atom stereocenters. The van der Waals surface area contributed by atoms with Crippen molar-refractivity contribution >= 4 is 5.95 Å². The Balaban J connectivity index is 2.20.